The first-order valence-corrected chi connectivity index (χ1v) is 8.94. The first-order chi connectivity index (χ1) is 12.5. The lowest BCUT2D eigenvalue weighted by Crippen LogP contribution is -2.06. The Labute approximate surface area is 152 Å². The van der Waals surface area contributed by atoms with Crippen LogP contribution in [0.15, 0.2) is 30.6 Å². The van der Waals surface area contributed by atoms with Crippen LogP contribution in [0.2, 0.25) is 0 Å². The van der Waals surface area contributed by atoms with Crippen LogP contribution in [0.5, 0.6) is 0 Å². The van der Waals surface area contributed by atoms with E-state index >= 15 is 0 Å². The molecule has 0 aromatic carbocycles. The summed E-state index contributed by atoms with van der Waals surface area (Å²) in [6.45, 7) is 4.12. The fourth-order valence-electron chi connectivity index (χ4n) is 3.39. The van der Waals surface area contributed by atoms with Gasteiger partial charge in [-0.25, -0.2) is 4.52 Å². The summed E-state index contributed by atoms with van der Waals surface area (Å²) < 4.78 is 1.99. The van der Waals surface area contributed by atoms with Crippen molar-refractivity contribution < 1.29 is 9.90 Å². The van der Waals surface area contributed by atoms with Crippen LogP contribution in [0.25, 0.3) is 16.6 Å². The number of nitrogens with two attached hydrogens (primary N) is 1. The van der Waals surface area contributed by atoms with E-state index in [4.69, 9.17) is 15.9 Å². The molecule has 6 nitrogen and oxygen atoms in total. The maximum atomic E-state index is 10.8. The molecule has 3 rings (SSSR count). The van der Waals surface area contributed by atoms with Crippen LogP contribution in [-0.2, 0) is 17.6 Å². The quantitative estimate of drug-likeness (QED) is 0.633. The fourth-order valence-corrected chi connectivity index (χ4v) is 3.39. The van der Waals surface area contributed by atoms with Gasteiger partial charge in [-0.05, 0) is 56.4 Å². The molecule has 26 heavy (non-hydrogen) atoms. The molecule has 0 radical (unpaired) electrons. The number of anilines is 1. The van der Waals surface area contributed by atoms with E-state index < -0.39 is 5.97 Å². The lowest BCUT2D eigenvalue weighted by Gasteiger charge is -2.16. The van der Waals surface area contributed by atoms with Crippen LogP contribution in [0.4, 0.5) is 5.69 Å². The Morgan fingerprint density at radius 3 is 2.77 bits per heavy atom. The minimum Gasteiger partial charge on any atom is -0.481 e. The van der Waals surface area contributed by atoms with Crippen molar-refractivity contribution in [2.24, 2.45) is 0 Å². The minimum atomic E-state index is -0.755. The molecular weight excluding hydrogens is 328 g/mol. The van der Waals surface area contributed by atoms with Crippen molar-refractivity contribution in [3.05, 3.63) is 47.5 Å². The largest absolute Gasteiger partial charge is 0.481 e. The smallest absolute Gasteiger partial charge is 0.303 e. The van der Waals surface area contributed by atoms with E-state index in [2.05, 4.69) is 24.0 Å². The molecule has 0 aliphatic heterocycles. The third kappa shape index (κ3) is 3.54. The van der Waals surface area contributed by atoms with Crippen molar-refractivity contribution in [3.63, 3.8) is 0 Å². The van der Waals surface area contributed by atoms with E-state index in [1.165, 1.54) is 0 Å². The number of unbranched alkanes of at least 4 members (excludes halogenated alkanes) is 1. The molecule has 0 amide bonds. The van der Waals surface area contributed by atoms with Crippen LogP contribution in [0.3, 0.4) is 0 Å². The summed E-state index contributed by atoms with van der Waals surface area (Å²) in [5, 5.41) is 13.6. The lowest BCUT2D eigenvalue weighted by molar-refractivity contribution is -0.137. The predicted molar refractivity (Wildman–Crippen MR) is 102 cm³/mol. The van der Waals surface area contributed by atoms with Crippen molar-refractivity contribution in [1.82, 2.24) is 14.6 Å². The normalized spacial score (nSPS) is 11.2. The highest BCUT2D eigenvalue weighted by atomic mass is 16.4. The van der Waals surface area contributed by atoms with Gasteiger partial charge in [-0.2, -0.15) is 5.10 Å². The second kappa shape index (κ2) is 7.56. The molecule has 0 unspecified atom stereocenters. The van der Waals surface area contributed by atoms with E-state index in [1.54, 1.807) is 6.20 Å². The van der Waals surface area contributed by atoms with Crippen LogP contribution < -0.4 is 5.73 Å². The third-order valence-corrected chi connectivity index (χ3v) is 4.66. The first kappa shape index (κ1) is 17.9. The van der Waals surface area contributed by atoms with Crippen molar-refractivity contribution in [3.8, 4) is 11.1 Å². The summed E-state index contributed by atoms with van der Waals surface area (Å²) in [5.41, 5.74) is 12.9. The zero-order valence-electron chi connectivity index (χ0n) is 15.2. The number of rotatable bonds is 7. The zero-order chi connectivity index (χ0) is 18.7. The molecule has 0 saturated carbocycles. The Kier molecular flexibility index (Phi) is 5.21. The van der Waals surface area contributed by atoms with E-state index in [0.29, 0.717) is 12.1 Å². The number of carboxylic acids is 1. The van der Waals surface area contributed by atoms with Gasteiger partial charge in [0.15, 0.2) is 0 Å². The van der Waals surface area contributed by atoms with Crippen molar-refractivity contribution in [2.75, 3.05) is 5.73 Å². The van der Waals surface area contributed by atoms with Crippen LogP contribution in [-0.4, -0.2) is 25.7 Å². The van der Waals surface area contributed by atoms with E-state index in [1.807, 2.05) is 23.7 Å². The van der Waals surface area contributed by atoms with Gasteiger partial charge in [-0.15, -0.1) is 0 Å². The Bertz CT molecular complexity index is 946. The summed E-state index contributed by atoms with van der Waals surface area (Å²) >= 11 is 0. The molecule has 0 spiro atoms. The van der Waals surface area contributed by atoms with Gasteiger partial charge >= 0.3 is 5.97 Å². The number of carbonyl (C=O) groups is 1. The lowest BCUT2D eigenvalue weighted by atomic mass is 9.95. The Morgan fingerprint density at radius 2 is 2.08 bits per heavy atom. The van der Waals surface area contributed by atoms with E-state index in [9.17, 15) is 4.79 Å². The Hall–Kier alpha value is -2.89. The molecule has 0 saturated heterocycles. The average molecular weight is 352 g/mol. The minimum absolute atomic E-state index is 0.189. The van der Waals surface area contributed by atoms with Gasteiger partial charge < -0.3 is 10.8 Å². The topological polar surface area (TPSA) is 93.5 Å². The molecule has 6 heteroatoms. The molecule has 0 atom stereocenters. The zero-order valence-corrected chi connectivity index (χ0v) is 15.2. The van der Waals surface area contributed by atoms with Gasteiger partial charge in [0.05, 0.1) is 16.9 Å². The number of hydrogen-bond donors (Lipinski definition) is 2. The number of fused-ring (bicyclic) bond motifs is 1. The molecule has 3 N–H and O–H groups in total. The SMILES string of the molecule is CCc1ccc2c(-c3cncc(N)c3)c(CCCCC(=O)O)c(C)nn12. The van der Waals surface area contributed by atoms with Crippen LogP contribution >= 0.6 is 0 Å². The van der Waals surface area contributed by atoms with Gasteiger partial charge in [0.2, 0.25) is 0 Å². The summed E-state index contributed by atoms with van der Waals surface area (Å²) in [6.07, 6.45) is 6.77. The second-order valence-corrected chi connectivity index (χ2v) is 6.52. The molecule has 0 aliphatic carbocycles. The summed E-state index contributed by atoms with van der Waals surface area (Å²) in [6, 6.07) is 6.12. The fraction of sp³-hybridized carbons (Fsp3) is 0.350. The highest BCUT2D eigenvalue weighted by Crippen LogP contribution is 2.32. The maximum absolute atomic E-state index is 10.8. The monoisotopic (exact) mass is 352 g/mol. The maximum Gasteiger partial charge on any atom is 0.303 e. The number of pyridine rings is 1. The predicted octanol–water partition coefficient (Wildman–Crippen LogP) is 3.65. The van der Waals surface area contributed by atoms with Crippen LogP contribution in [0.1, 0.15) is 43.1 Å². The van der Waals surface area contributed by atoms with Crippen molar-refractivity contribution in [2.45, 2.75) is 46.0 Å². The average Bonchev–Trinajstić information content (AvgIpc) is 3.00. The van der Waals surface area contributed by atoms with Crippen LogP contribution in [0, 0.1) is 6.92 Å². The third-order valence-electron chi connectivity index (χ3n) is 4.66. The molecular formula is C20H24N4O2. The summed E-state index contributed by atoms with van der Waals surface area (Å²) in [4.78, 5) is 15.0. The molecule has 0 aliphatic rings. The van der Waals surface area contributed by atoms with E-state index in [-0.39, 0.29) is 6.42 Å². The number of carboxylic acid groups (broad SMARTS) is 1. The number of aliphatic carboxylic acids is 1. The van der Waals surface area contributed by atoms with Gasteiger partial charge in [-0.1, -0.05) is 6.92 Å². The van der Waals surface area contributed by atoms with Gasteiger partial charge in [0.1, 0.15) is 0 Å². The molecule has 0 bridgehead atoms. The molecule has 3 aromatic heterocycles. The number of aromatic nitrogens is 3. The van der Waals surface area contributed by atoms with Crippen molar-refractivity contribution in [1.29, 1.82) is 0 Å². The molecule has 3 heterocycles. The number of nitrogen functional groups attached to an aromatic ring is 1. The number of nitrogens with zero attached hydrogens (tertiary/aromatic N) is 3. The standard InChI is InChI=1S/C20H24N4O2/c1-3-16-8-9-18-20(14-10-15(21)12-22-11-14)17(13(2)23-24(16)18)6-4-5-7-19(25)26/h8-12H,3-7,21H2,1-2H3,(H,25,26). The molecule has 136 valence electrons. The van der Waals surface area contributed by atoms with Crippen molar-refractivity contribution >= 4 is 17.2 Å². The van der Waals surface area contributed by atoms with Gasteiger partial charge in [0, 0.05) is 35.6 Å². The molecule has 0 fully saturated rings. The Morgan fingerprint density at radius 1 is 1.27 bits per heavy atom. The first-order valence-electron chi connectivity index (χ1n) is 8.94. The second-order valence-electron chi connectivity index (χ2n) is 6.52. The number of aryl methyl sites for hydroxylation is 2. The highest BCUT2D eigenvalue weighted by molar-refractivity contribution is 5.84. The Balaban J connectivity index is 2.11. The van der Waals surface area contributed by atoms with Gasteiger partial charge in [-0.3, -0.25) is 9.78 Å². The number of hydrogen-bond acceptors (Lipinski definition) is 4. The highest BCUT2D eigenvalue weighted by Gasteiger charge is 2.17. The summed E-state index contributed by atoms with van der Waals surface area (Å²) in [5.74, 6) is -0.755. The summed E-state index contributed by atoms with van der Waals surface area (Å²) in [7, 11) is 0. The van der Waals surface area contributed by atoms with Gasteiger partial charge in [0.25, 0.3) is 0 Å². The van der Waals surface area contributed by atoms with E-state index in [0.717, 1.165) is 52.9 Å². The molecule has 3 aromatic rings.